The Labute approximate surface area is 118 Å². The number of aromatic nitrogens is 2. The fourth-order valence-corrected chi connectivity index (χ4v) is 2.31. The van der Waals surface area contributed by atoms with Crippen LogP contribution in [0.25, 0.3) is 0 Å². The molecule has 1 amide bonds. The van der Waals surface area contributed by atoms with E-state index in [1.165, 1.54) is 17.5 Å². The molecule has 2 aromatic rings. The van der Waals surface area contributed by atoms with Crippen LogP contribution in [-0.2, 0) is 11.3 Å². The van der Waals surface area contributed by atoms with E-state index in [-0.39, 0.29) is 11.8 Å². The molecule has 0 saturated heterocycles. The van der Waals surface area contributed by atoms with Crippen molar-refractivity contribution in [2.24, 2.45) is 5.92 Å². The minimum Gasteiger partial charge on any atom is -0.323 e. The summed E-state index contributed by atoms with van der Waals surface area (Å²) < 4.78 is 1.85. The predicted octanol–water partition coefficient (Wildman–Crippen LogP) is 2.98. The van der Waals surface area contributed by atoms with E-state index in [4.69, 9.17) is 0 Å². The second-order valence-electron chi connectivity index (χ2n) is 5.53. The van der Waals surface area contributed by atoms with E-state index in [1.54, 1.807) is 6.20 Å². The summed E-state index contributed by atoms with van der Waals surface area (Å²) in [6.45, 7) is 2.80. The maximum atomic E-state index is 11.9. The van der Waals surface area contributed by atoms with Gasteiger partial charge >= 0.3 is 0 Å². The molecule has 1 N–H and O–H groups in total. The molecule has 1 aliphatic carbocycles. The van der Waals surface area contributed by atoms with Crippen LogP contribution < -0.4 is 5.32 Å². The molecule has 1 aromatic carbocycles. The van der Waals surface area contributed by atoms with Crippen molar-refractivity contribution in [1.29, 1.82) is 0 Å². The summed E-state index contributed by atoms with van der Waals surface area (Å²) in [7, 11) is 0. The number of nitrogens with zero attached hydrogens (tertiary/aromatic N) is 2. The molecule has 4 heteroatoms. The number of amides is 1. The molecule has 0 spiro atoms. The lowest BCUT2D eigenvalue weighted by molar-refractivity contribution is -0.122. The summed E-state index contributed by atoms with van der Waals surface area (Å²) in [5.41, 5.74) is 3.24. The van der Waals surface area contributed by atoms with E-state index in [2.05, 4.69) is 41.6 Å². The first-order valence-corrected chi connectivity index (χ1v) is 7.09. The predicted molar refractivity (Wildman–Crippen MR) is 78.5 cm³/mol. The number of anilines is 1. The highest BCUT2D eigenvalue weighted by Gasteiger charge is 2.25. The Balaban J connectivity index is 1.61. The van der Waals surface area contributed by atoms with E-state index in [0.717, 1.165) is 25.1 Å². The van der Waals surface area contributed by atoms with Crippen molar-refractivity contribution < 1.29 is 4.79 Å². The van der Waals surface area contributed by atoms with E-state index >= 15 is 0 Å². The van der Waals surface area contributed by atoms with Crippen molar-refractivity contribution in [2.45, 2.75) is 32.7 Å². The second-order valence-corrected chi connectivity index (χ2v) is 5.53. The molecule has 1 fully saturated rings. The third kappa shape index (κ3) is 2.90. The van der Waals surface area contributed by atoms with Crippen molar-refractivity contribution >= 4 is 11.6 Å². The Kier molecular flexibility index (Phi) is 3.54. The number of carbonyl (C=O) groups excluding carboxylic acids is 1. The van der Waals surface area contributed by atoms with Gasteiger partial charge in [-0.3, -0.25) is 9.48 Å². The first-order chi connectivity index (χ1) is 9.70. The Morgan fingerprint density at radius 3 is 2.75 bits per heavy atom. The standard InChI is InChI=1S/C16H19N3O/c1-12-5-7-13(8-6-12)10-19-11-15(9-17-19)18-16(20)14-3-2-4-14/h5-9,11,14H,2-4,10H2,1H3,(H,18,20). The van der Waals surface area contributed by atoms with Crippen molar-refractivity contribution in [1.82, 2.24) is 9.78 Å². The van der Waals surface area contributed by atoms with Crippen molar-refractivity contribution in [3.05, 3.63) is 47.8 Å². The summed E-state index contributed by atoms with van der Waals surface area (Å²) >= 11 is 0. The van der Waals surface area contributed by atoms with E-state index in [0.29, 0.717) is 0 Å². The van der Waals surface area contributed by atoms with Crippen molar-refractivity contribution in [3.8, 4) is 0 Å². The van der Waals surface area contributed by atoms with Crippen LogP contribution in [0.5, 0.6) is 0 Å². The zero-order valence-corrected chi connectivity index (χ0v) is 11.7. The molecule has 1 saturated carbocycles. The van der Waals surface area contributed by atoms with Crippen LogP contribution in [0.15, 0.2) is 36.7 Å². The molecular formula is C16H19N3O. The van der Waals surface area contributed by atoms with Crippen LogP contribution >= 0.6 is 0 Å². The van der Waals surface area contributed by atoms with Gasteiger partial charge in [-0.05, 0) is 25.3 Å². The van der Waals surface area contributed by atoms with Crippen molar-refractivity contribution in [3.63, 3.8) is 0 Å². The summed E-state index contributed by atoms with van der Waals surface area (Å²) in [5, 5.41) is 7.23. The Morgan fingerprint density at radius 1 is 1.35 bits per heavy atom. The first-order valence-electron chi connectivity index (χ1n) is 7.09. The number of aryl methyl sites for hydroxylation is 1. The van der Waals surface area contributed by atoms with E-state index in [1.807, 2.05) is 10.9 Å². The van der Waals surface area contributed by atoms with Crippen LogP contribution in [-0.4, -0.2) is 15.7 Å². The molecule has 0 radical (unpaired) electrons. The van der Waals surface area contributed by atoms with Gasteiger partial charge in [-0.15, -0.1) is 0 Å². The van der Waals surface area contributed by atoms with Gasteiger partial charge in [0.05, 0.1) is 18.4 Å². The molecule has 1 heterocycles. The Morgan fingerprint density at radius 2 is 2.10 bits per heavy atom. The Hall–Kier alpha value is -2.10. The molecule has 1 aromatic heterocycles. The molecule has 20 heavy (non-hydrogen) atoms. The van der Waals surface area contributed by atoms with Gasteiger partial charge in [0.2, 0.25) is 5.91 Å². The zero-order chi connectivity index (χ0) is 13.9. The number of hydrogen-bond donors (Lipinski definition) is 1. The molecule has 4 nitrogen and oxygen atoms in total. The molecule has 1 aliphatic rings. The van der Waals surface area contributed by atoms with E-state index in [9.17, 15) is 4.79 Å². The number of nitrogens with one attached hydrogen (secondary N) is 1. The van der Waals surface area contributed by atoms with E-state index < -0.39 is 0 Å². The van der Waals surface area contributed by atoms with Crippen LogP contribution in [0.3, 0.4) is 0 Å². The van der Waals surface area contributed by atoms with Gasteiger partial charge in [0.15, 0.2) is 0 Å². The highest BCUT2D eigenvalue weighted by molar-refractivity contribution is 5.92. The average molecular weight is 269 g/mol. The number of benzene rings is 1. The molecule has 0 unspecified atom stereocenters. The molecule has 104 valence electrons. The number of rotatable bonds is 4. The van der Waals surface area contributed by atoms with Gasteiger partial charge < -0.3 is 5.32 Å². The third-order valence-corrected chi connectivity index (χ3v) is 3.84. The van der Waals surface area contributed by atoms with Gasteiger partial charge in [-0.2, -0.15) is 5.10 Å². The lowest BCUT2D eigenvalue weighted by Crippen LogP contribution is -2.27. The minimum absolute atomic E-state index is 0.131. The maximum Gasteiger partial charge on any atom is 0.227 e. The highest BCUT2D eigenvalue weighted by Crippen LogP contribution is 2.27. The van der Waals surface area contributed by atoms with Gasteiger partial charge in [-0.1, -0.05) is 36.2 Å². The molecular weight excluding hydrogens is 250 g/mol. The van der Waals surface area contributed by atoms with Crippen LogP contribution in [0.4, 0.5) is 5.69 Å². The van der Waals surface area contributed by atoms with Gasteiger partial charge in [0, 0.05) is 12.1 Å². The largest absolute Gasteiger partial charge is 0.323 e. The molecule has 0 atom stereocenters. The summed E-state index contributed by atoms with van der Waals surface area (Å²) in [6.07, 6.45) is 6.80. The number of carbonyl (C=O) groups is 1. The normalized spacial score (nSPS) is 14.8. The fourth-order valence-electron chi connectivity index (χ4n) is 2.31. The highest BCUT2D eigenvalue weighted by atomic mass is 16.1. The summed E-state index contributed by atoms with van der Waals surface area (Å²) in [4.78, 5) is 11.9. The lowest BCUT2D eigenvalue weighted by Gasteiger charge is -2.23. The fraction of sp³-hybridized carbons (Fsp3) is 0.375. The summed E-state index contributed by atoms with van der Waals surface area (Å²) in [6, 6.07) is 8.39. The molecule has 0 bridgehead atoms. The smallest absolute Gasteiger partial charge is 0.227 e. The Bertz CT molecular complexity index is 596. The quantitative estimate of drug-likeness (QED) is 0.927. The minimum atomic E-state index is 0.131. The monoisotopic (exact) mass is 269 g/mol. The van der Waals surface area contributed by atoms with Gasteiger partial charge in [-0.25, -0.2) is 0 Å². The zero-order valence-electron chi connectivity index (χ0n) is 11.7. The molecule has 0 aliphatic heterocycles. The van der Waals surface area contributed by atoms with Gasteiger partial charge in [0.1, 0.15) is 0 Å². The average Bonchev–Trinajstić information content (AvgIpc) is 2.77. The third-order valence-electron chi connectivity index (χ3n) is 3.84. The van der Waals surface area contributed by atoms with Crippen LogP contribution in [0.2, 0.25) is 0 Å². The second kappa shape index (κ2) is 5.49. The topological polar surface area (TPSA) is 46.9 Å². The number of hydrogen-bond acceptors (Lipinski definition) is 2. The maximum absolute atomic E-state index is 11.9. The summed E-state index contributed by atoms with van der Waals surface area (Å²) in [5.74, 6) is 0.335. The molecule has 3 rings (SSSR count). The first kappa shape index (κ1) is 12.9. The van der Waals surface area contributed by atoms with Gasteiger partial charge in [0.25, 0.3) is 0 Å². The SMILES string of the molecule is Cc1ccc(Cn2cc(NC(=O)C3CCC3)cn2)cc1. The van der Waals surface area contributed by atoms with Crippen molar-refractivity contribution in [2.75, 3.05) is 5.32 Å². The van der Waals surface area contributed by atoms with Crippen LogP contribution in [0, 0.1) is 12.8 Å². The lowest BCUT2D eigenvalue weighted by atomic mass is 9.85. The van der Waals surface area contributed by atoms with Crippen LogP contribution in [0.1, 0.15) is 30.4 Å².